The van der Waals surface area contributed by atoms with Crippen molar-refractivity contribution in [2.24, 2.45) is 0 Å². The summed E-state index contributed by atoms with van der Waals surface area (Å²) in [5.74, 6) is 2.11. The first-order valence-electron chi connectivity index (χ1n) is 9.20. The highest BCUT2D eigenvalue weighted by Gasteiger charge is 2.13. The maximum Gasteiger partial charge on any atom is 0.227 e. The smallest absolute Gasteiger partial charge is 0.227 e. The lowest BCUT2D eigenvalue weighted by atomic mass is 10.2. The molecule has 4 aromatic rings. The Hall–Kier alpha value is -2.54. The van der Waals surface area contributed by atoms with E-state index in [1.807, 2.05) is 35.7 Å². The summed E-state index contributed by atoms with van der Waals surface area (Å²) in [5, 5.41) is 20.6. The Labute approximate surface area is 195 Å². The van der Waals surface area contributed by atoms with Crippen molar-refractivity contribution in [3.8, 4) is 17.1 Å². The summed E-state index contributed by atoms with van der Waals surface area (Å²) in [6.45, 7) is 0.390. The van der Waals surface area contributed by atoms with Crippen LogP contribution in [0.5, 0.6) is 5.75 Å². The van der Waals surface area contributed by atoms with Crippen LogP contribution in [0.1, 0.15) is 11.3 Å². The van der Waals surface area contributed by atoms with E-state index in [1.165, 1.54) is 16.2 Å². The SMILES string of the molecule is COc1ccc(-c2n[nH]c(=S)n2CCC(=O)Nc2nnc(SCc3cccs3)s2)cc1. The summed E-state index contributed by atoms with van der Waals surface area (Å²) < 4.78 is 8.28. The van der Waals surface area contributed by atoms with E-state index < -0.39 is 0 Å². The van der Waals surface area contributed by atoms with Gasteiger partial charge >= 0.3 is 0 Å². The largest absolute Gasteiger partial charge is 0.497 e. The first-order chi connectivity index (χ1) is 15.1. The lowest BCUT2D eigenvalue weighted by Crippen LogP contribution is -2.15. The van der Waals surface area contributed by atoms with Crippen molar-refractivity contribution >= 4 is 57.7 Å². The van der Waals surface area contributed by atoms with Crippen molar-refractivity contribution in [3.63, 3.8) is 0 Å². The van der Waals surface area contributed by atoms with Crippen LogP contribution in [0.25, 0.3) is 11.4 Å². The molecule has 8 nitrogen and oxygen atoms in total. The zero-order valence-electron chi connectivity index (χ0n) is 16.4. The van der Waals surface area contributed by atoms with E-state index in [1.54, 1.807) is 34.8 Å². The van der Waals surface area contributed by atoms with Crippen LogP contribution in [0, 0.1) is 4.77 Å². The van der Waals surface area contributed by atoms with Gasteiger partial charge in [0.1, 0.15) is 5.75 Å². The number of rotatable bonds is 9. The standard InChI is InChI=1S/C19H18N6O2S4/c1-27-13-6-4-12(5-7-13)16-21-23-18(28)25(16)9-8-15(26)20-17-22-24-19(31-17)30-11-14-3-2-10-29-14/h2-7,10H,8-9,11H2,1H3,(H,23,28)(H,20,22,26). The first kappa shape index (κ1) is 21.7. The Kier molecular flexibility index (Phi) is 7.12. The van der Waals surface area contributed by atoms with Gasteiger partial charge in [-0.15, -0.1) is 21.5 Å². The number of aromatic amines is 1. The molecular weight excluding hydrogens is 473 g/mol. The molecule has 0 aliphatic carbocycles. The lowest BCUT2D eigenvalue weighted by molar-refractivity contribution is -0.116. The van der Waals surface area contributed by atoms with E-state index in [9.17, 15) is 4.79 Å². The Balaban J connectivity index is 1.34. The van der Waals surface area contributed by atoms with Gasteiger partial charge in [-0.1, -0.05) is 29.2 Å². The van der Waals surface area contributed by atoms with Gasteiger partial charge in [0.05, 0.1) is 7.11 Å². The van der Waals surface area contributed by atoms with Crippen LogP contribution >= 0.6 is 46.7 Å². The topological polar surface area (TPSA) is 97.7 Å². The van der Waals surface area contributed by atoms with Gasteiger partial charge < -0.3 is 10.1 Å². The van der Waals surface area contributed by atoms with Crippen LogP contribution in [0.2, 0.25) is 0 Å². The van der Waals surface area contributed by atoms with Gasteiger partial charge in [-0.25, -0.2) is 0 Å². The summed E-state index contributed by atoms with van der Waals surface area (Å²) in [4.78, 5) is 13.7. The second kappa shape index (κ2) is 10.2. The maximum absolute atomic E-state index is 12.4. The minimum atomic E-state index is -0.158. The number of thiophene rings is 1. The number of benzene rings is 1. The third-order valence-corrected chi connectivity index (χ3v) is 7.63. The Morgan fingerprint density at radius 1 is 1.29 bits per heavy atom. The van der Waals surface area contributed by atoms with E-state index in [2.05, 4.69) is 31.8 Å². The Morgan fingerprint density at radius 3 is 2.87 bits per heavy atom. The molecule has 0 fully saturated rings. The van der Waals surface area contributed by atoms with E-state index in [4.69, 9.17) is 17.0 Å². The molecule has 0 unspecified atom stereocenters. The highest BCUT2D eigenvalue weighted by Crippen LogP contribution is 2.29. The molecule has 0 aliphatic heterocycles. The van der Waals surface area contributed by atoms with Gasteiger partial charge in [0, 0.05) is 29.2 Å². The van der Waals surface area contributed by atoms with E-state index in [0.717, 1.165) is 21.4 Å². The zero-order chi connectivity index (χ0) is 21.6. The number of methoxy groups -OCH3 is 1. The number of H-pyrrole nitrogens is 1. The molecule has 12 heteroatoms. The predicted octanol–water partition coefficient (Wildman–Crippen LogP) is 4.85. The quantitative estimate of drug-likeness (QED) is 0.197. The molecule has 3 heterocycles. The molecule has 31 heavy (non-hydrogen) atoms. The van der Waals surface area contributed by atoms with Crippen molar-refractivity contribution in [1.82, 2.24) is 25.0 Å². The Morgan fingerprint density at radius 2 is 2.13 bits per heavy atom. The number of aromatic nitrogens is 5. The summed E-state index contributed by atoms with van der Waals surface area (Å²) in [6.07, 6.45) is 0.230. The normalized spacial score (nSPS) is 10.9. The molecular formula is C19H18N6O2S4. The van der Waals surface area contributed by atoms with Crippen LogP contribution in [0.15, 0.2) is 46.1 Å². The second-order valence-electron chi connectivity index (χ2n) is 6.27. The number of hydrogen-bond acceptors (Lipinski definition) is 9. The highest BCUT2D eigenvalue weighted by atomic mass is 32.2. The van der Waals surface area contributed by atoms with Gasteiger partial charge in [-0.3, -0.25) is 14.5 Å². The fourth-order valence-electron chi connectivity index (χ4n) is 2.73. The number of carbonyl (C=O) groups excluding carboxylic acids is 1. The molecule has 0 saturated heterocycles. The second-order valence-corrected chi connectivity index (χ2v) is 9.89. The van der Waals surface area contributed by atoms with Crippen molar-refractivity contribution in [2.45, 2.75) is 23.1 Å². The monoisotopic (exact) mass is 490 g/mol. The van der Waals surface area contributed by atoms with Gasteiger partial charge in [-0.2, -0.15) is 5.10 Å². The third-order valence-electron chi connectivity index (χ3n) is 4.24. The average Bonchev–Trinajstić information content (AvgIpc) is 3.53. The van der Waals surface area contributed by atoms with Crippen LogP contribution in [-0.2, 0) is 17.1 Å². The zero-order valence-corrected chi connectivity index (χ0v) is 19.7. The first-order valence-corrected chi connectivity index (χ1v) is 12.3. The number of hydrogen-bond donors (Lipinski definition) is 2. The number of thioether (sulfide) groups is 1. The maximum atomic E-state index is 12.4. The summed E-state index contributed by atoms with van der Waals surface area (Å²) in [5.41, 5.74) is 0.880. The molecule has 0 atom stereocenters. The number of carbonyl (C=O) groups is 1. The minimum absolute atomic E-state index is 0.158. The van der Waals surface area contributed by atoms with Crippen LogP contribution in [0.3, 0.4) is 0 Å². The number of nitrogens with zero attached hydrogens (tertiary/aromatic N) is 4. The summed E-state index contributed by atoms with van der Waals surface area (Å²) in [6, 6.07) is 11.6. The molecule has 160 valence electrons. The van der Waals surface area contributed by atoms with E-state index in [-0.39, 0.29) is 12.3 Å². The van der Waals surface area contributed by atoms with Crippen molar-refractivity contribution in [2.75, 3.05) is 12.4 Å². The van der Waals surface area contributed by atoms with Crippen LogP contribution < -0.4 is 10.1 Å². The number of anilines is 1. The highest BCUT2D eigenvalue weighted by molar-refractivity contribution is 8.00. The summed E-state index contributed by atoms with van der Waals surface area (Å²) in [7, 11) is 1.62. The Bertz CT molecular complexity index is 1200. The van der Waals surface area contributed by atoms with Gasteiger partial charge in [-0.05, 0) is 47.9 Å². The van der Waals surface area contributed by atoms with Crippen LogP contribution in [-0.4, -0.2) is 38.0 Å². The third kappa shape index (κ3) is 5.58. The van der Waals surface area contributed by atoms with Gasteiger partial charge in [0.25, 0.3) is 0 Å². The molecule has 2 N–H and O–H groups in total. The van der Waals surface area contributed by atoms with Crippen molar-refractivity contribution < 1.29 is 9.53 Å². The molecule has 1 aromatic carbocycles. The van der Waals surface area contributed by atoms with E-state index >= 15 is 0 Å². The predicted molar refractivity (Wildman–Crippen MR) is 126 cm³/mol. The summed E-state index contributed by atoms with van der Waals surface area (Å²) >= 11 is 10.0. The van der Waals surface area contributed by atoms with Crippen molar-refractivity contribution in [3.05, 3.63) is 51.4 Å². The number of nitrogens with one attached hydrogen (secondary N) is 2. The molecule has 4 rings (SSSR count). The van der Waals surface area contributed by atoms with Gasteiger partial charge in [0.15, 0.2) is 14.9 Å². The fourth-order valence-corrected chi connectivity index (χ4v) is 5.49. The average molecular weight is 491 g/mol. The van der Waals surface area contributed by atoms with E-state index in [0.29, 0.717) is 22.3 Å². The molecule has 0 radical (unpaired) electrons. The van der Waals surface area contributed by atoms with Crippen LogP contribution in [0.4, 0.5) is 5.13 Å². The fraction of sp³-hybridized carbons (Fsp3) is 0.211. The molecule has 1 amide bonds. The number of amides is 1. The molecule has 0 aliphatic rings. The number of ether oxygens (including phenoxy) is 1. The van der Waals surface area contributed by atoms with Crippen molar-refractivity contribution in [1.29, 1.82) is 0 Å². The molecule has 0 saturated carbocycles. The lowest BCUT2D eigenvalue weighted by Gasteiger charge is -2.07. The molecule has 0 spiro atoms. The molecule has 0 bridgehead atoms. The van der Waals surface area contributed by atoms with Gasteiger partial charge in [0.2, 0.25) is 11.0 Å². The molecule has 3 aromatic heterocycles. The minimum Gasteiger partial charge on any atom is -0.497 e.